The van der Waals surface area contributed by atoms with Gasteiger partial charge in [0.25, 0.3) is 5.91 Å². The van der Waals surface area contributed by atoms with Crippen molar-refractivity contribution < 1.29 is 4.79 Å². The van der Waals surface area contributed by atoms with Crippen LogP contribution in [0.4, 0.5) is 17.1 Å². The van der Waals surface area contributed by atoms with Crippen molar-refractivity contribution in [2.24, 2.45) is 0 Å². The quantitative estimate of drug-likeness (QED) is 0.727. The number of hydrogen-bond donors (Lipinski definition) is 3. The molecule has 0 aliphatic carbocycles. The Morgan fingerprint density at radius 3 is 2.28 bits per heavy atom. The van der Waals surface area contributed by atoms with Gasteiger partial charge < -0.3 is 16.8 Å². The topological polar surface area (TPSA) is 81.1 Å². The fourth-order valence-electron chi connectivity index (χ4n) is 1.45. The normalized spacial score (nSPS) is 10.1. The number of benzene rings is 2. The van der Waals surface area contributed by atoms with E-state index in [-0.39, 0.29) is 5.91 Å². The summed E-state index contributed by atoms with van der Waals surface area (Å²) < 4.78 is 0. The third kappa shape index (κ3) is 2.73. The number of carbonyl (C=O) groups is 1. The molecule has 18 heavy (non-hydrogen) atoms. The van der Waals surface area contributed by atoms with E-state index in [9.17, 15) is 4.79 Å². The molecule has 2 aromatic rings. The van der Waals surface area contributed by atoms with E-state index < -0.39 is 0 Å². The van der Waals surface area contributed by atoms with Crippen LogP contribution in [0, 0.1) is 0 Å². The maximum absolute atomic E-state index is 11.9. The summed E-state index contributed by atoms with van der Waals surface area (Å²) in [5.74, 6) is -0.246. The standard InChI is InChI=1S/C13H12ClN3O/c14-9-2-4-10(5-3-9)17-13(18)8-1-6-11(15)12(16)7-8/h1-7H,15-16H2,(H,17,18). The fraction of sp³-hybridized carbons (Fsp3) is 0. The molecule has 0 heterocycles. The Morgan fingerprint density at radius 1 is 1.00 bits per heavy atom. The molecule has 0 radical (unpaired) electrons. The van der Waals surface area contributed by atoms with Gasteiger partial charge in [0.2, 0.25) is 0 Å². The molecule has 0 aliphatic rings. The van der Waals surface area contributed by atoms with Gasteiger partial charge in [-0.05, 0) is 42.5 Å². The lowest BCUT2D eigenvalue weighted by atomic mass is 10.1. The number of nitrogens with one attached hydrogen (secondary N) is 1. The van der Waals surface area contributed by atoms with Crippen LogP contribution in [0.3, 0.4) is 0 Å². The zero-order chi connectivity index (χ0) is 13.1. The highest BCUT2D eigenvalue weighted by Gasteiger charge is 2.07. The molecule has 0 aliphatic heterocycles. The molecule has 0 spiro atoms. The number of rotatable bonds is 2. The number of amides is 1. The number of nitrogen functional groups attached to an aromatic ring is 2. The van der Waals surface area contributed by atoms with Crippen molar-refractivity contribution >= 4 is 34.6 Å². The van der Waals surface area contributed by atoms with Gasteiger partial charge in [0.05, 0.1) is 11.4 Å². The zero-order valence-electron chi connectivity index (χ0n) is 9.48. The van der Waals surface area contributed by atoms with Crippen LogP contribution in [0.15, 0.2) is 42.5 Å². The molecule has 0 atom stereocenters. The molecule has 0 unspecified atom stereocenters. The molecule has 0 saturated carbocycles. The maximum Gasteiger partial charge on any atom is 0.255 e. The zero-order valence-corrected chi connectivity index (χ0v) is 10.2. The summed E-state index contributed by atoms with van der Waals surface area (Å²) in [6, 6.07) is 11.6. The van der Waals surface area contributed by atoms with E-state index in [2.05, 4.69) is 5.32 Å². The van der Waals surface area contributed by atoms with E-state index in [1.165, 1.54) is 0 Å². The molecular weight excluding hydrogens is 250 g/mol. The largest absolute Gasteiger partial charge is 0.397 e. The number of hydrogen-bond acceptors (Lipinski definition) is 3. The highest BCUT2D eigenvalue weighted by atomic mass is 35.5. The lowest BCUT2D eigenvalue weighted by molar-refractivity contribution is 0.102. The Labute approximate surface area is 110 Å². The first kappa shape index (κ1) is 12.3. The van der Waals surface area contributed by atoms with Crippen LogP contribution < -0.4 is 16.8 Å². The molecule has 0 bridgehead atoms. The van der Waals surface area contributed by atoms with Crippen molar-refractivity contribution in [2.45, 2.75) is 0 Å². The monoisotopic (exact) mass is 261 g/mol. The summed E-state index contributed by atoms with van der Waals surface area (Å²) >= 11 is 5.76. The molecule has 0 saturated heterocycles. The number of carbonyl (C=O) groups excluding carboxylic acids is 1. The summed E-state index contributed by atoms with van der Waals surface area (Å²) in [6.45, 7) is 0. The van der Waals surface area contributed by atoms with Crippen molar-refractivity contribution in [1.29, 1.82) is 0 Å². The van der Waals surface area contributed by atoms with Gasteiger partial charge >= 0.3 is 0 Å². The van der Waals surface area contributed by atoms with Crippen LogP contribution >= 0.6 is 11.6 Å². The molecule has 0 aromatic heterocycles. The first-order valence-corrected chi connectivity index (χ1v) is 5.66. The Balaban J connectivity index is 2.16. The lowest BCUT2D eigenvalue weighted by Gasteiger charge is -2.07. The average Bonchev–Trinajstić information content (AvgIpc) is 2.35. The van der Waals surface area contributed by atoms with Gasteiger partial charge in [0.15, 0.2) is 0 Å². The van der Waals surface area contributed by atoms with E-state index in [4.69, 9.17) is 23.1 Å². The Kier molecular flexibility index (Phi) is 3.39. The van der Waals surface area contributed by atoms with Gasteiger partial charge in [0.1, 0.15) is 0 Å². The molecular formula is C13H12ClN3O. The summed E-state index contributed by atoms with van der Waals surface area (Å²) in [4.78, 5) is 11.9. The maximum atomic E-state index is 11.9. The van der Waals surface area contributed by atoms with Gasteiger partial charge in [-0.1, -0.05) is 11.6 Å². The summed E-state index contributed by atoms with van der Waals surface area (Å²) in [6.07, 6.45) is 0. The second-order valence-corrected chi connectivity index (χ2v) is 4.24. The number of nitrogens with two attached hydrogens (primary N) is 2. The van der Waals surface area contributed by atoms with Crippen LogP contribution in [0.25, 0.3) is 0 Å². The summed E-state index contributed by atoms with van der Waals surface area (Å²) in [5.41, 5.74) is 13.2. The SMILES string of the molecule is Nc1ccc(C(=O)Nc2ccc(Cl)cc2)cc1N. The van der Waals surface area contributed by atoms with Gasteiger partial charge in [-0.25, -0.2) is 0 Å². The van der Waals surface area contributed by atoms with Crippen LogP contribution in [0.5, 0.6) is 0 Å². The van der Waals surface area contributed by atoms with Crippen LogP contribution in [-0.2, 0) is 0 Å². The summed E-state index contributed by atoms with van der Waals surface area (Å²) in [5, 5.41) is 3.35. The van der Waals surface area contributed by atoms with E-state index in [1.54, 1.807) is 42.5 Å². The van der Waals surface area contributed by atoms with Crippen molar-refractivity contribution in [3.8, 4) is 0 Å². The first-order valence-electron chi connectivity index (χ1n) is 5.28. The Morgan fingerprint density at radius 2 is 1.67 bits per heavy atom. The Bertz CT molecular complexity index is 581. The van der Waals surface area contributed by atoms with Crippen molar-refractivity contribution in [3.05, 3.63) is 53.1 Å². The van der Waals surface area contributed by atoms with E-state index in [0.717, 1.165) is 0 Å². The average molecular weight is 262 g/mol. The molecule has 1 amide bonds. The lowest BCUT2D eigenvalue weighted by Crippen LogP contribution is -2.12. The van der Waals surface area contributed by atoms with E-state index >= 15 is 0 Å². The number of anilines is 3. The van der Waals surface area contributed by atoms with Crippen molar-refractivity contribution in [1.82, 2.24) is 0 Å². The van der Waals surface area contributed by atoms with Crippen molar-refractivity contribution in [3.63, 3.8) is 0 Å². The smallest absolute Gasteiger partial charge is 0.255 e. The highest BCUT2D eigenvalue weighted by molar-refractivity contribution is 6.30. The van der Waals surface area contributed by atoms with Crippen molar-refractivity contribution in [2.75, 3.05) is 16.8 Å². The Hall–Kier alpha value is -2.20. The predicted molar refractivity (Wildman–Crippen MR) is 74.7 cm³/mol. The second kappa shape index (κ2) is 4.98. The van der Waals surface area contributed by atoms with Gasteiger partial charge in [-0.15, -0.1) is 0 Å². The molecule has 0 fully saturated rings. The fourth-order valence-corrected chi connectivity index (χ4v) is 1.58. The van der Waals surface area contributed by atoms with Crippen LogP contribution in [-0.4, -0.2) is 5.91 Å². The predicted octanol–water partition coefficient (Wildman–Crippen LogP) is 2.76. The van der Waals surface area contributed by atoms with Gasteiger partial charge in [0, 0.05) is 16.3 Å². The van der Waals surface area contributed by atoms with Gasteiger partial charge in [-0.2, -0.15) is 0 Å². The minimum atomic E-state index is -0.246. The highest BCUT2D eigenvalue weighted by Crippen LogP contribution is 2.18. The first-order chi connectivity index (χ1) is 8.56. The molecule has 4 nitrogen and oxygen atoms in total. The minimum absolute atomic E-state index is 0.246. The molecule has 2 rings (SSSR count). The van der Waals surface area contributed by atoms with E-state index in [1.807, 2.05) is 0 Å². The second-order valence-electron chi connectivity index (χ2n) is 3.80. The number of halogens is 1. The molecule has 5 heteroatoms. The third-order valence-electron chi connectivity index (χ3n) is 2.45. The molecule has 92 valence electrons. The van der Waals surface area contributed by atoms with Gasteiger partial charge in [-0.3, -0.25) is 4.79 Å². The molecule has 2 aromatic carbocycles. The third-order valence-corrected chi connectivity index (χ3v) is 2.70. The van der Waals surface area contributed by atoms with E-state index in [0.29, 0.717) is 27.6 Å². The van der Waals surface area contributed by atoms with Crippen LogP contribution in [0.2, 0.25) is 5.02 Å². The minimum Gasteiger partial charge on any atom is -0.397 e. The summed E-state index contributed by atoms with van der Waals surface area (Å²) in [7, 11) is 0. The molecule has 5 N–H and O–H groups in total. The van der Waals surface area contributed by atoms with Crippen LogP contribution in [0.1, 0.15) is 10.4 Å².